The Morgan fingerprint density at radius 2 is 1.79 bits per heavy atom. The zero-order chi connectivity index (χ0) is 20.6. The molecule has 0 atom stereocenters. The van der Waals surface area contributed by atoms with Crippen molar-refractivity contribution < 1.29 is 19.1 Å². The van der Waals surface area contributed by atoms with Crippen molar-refractivity contribution >= 4 is 29.6 Å². The molecule has 2 aromatic rings. The van der Waals surface area contributed by atoms with Gasteiger partial charge in [0, 0.05) is 17.3 Å². The summed E-state index contributed by atoms with van der Waals surface area (Å²) < 4.78 is 5.57. The van der Waals surface area contributed by atoms with Gasteiger partial charge >= 0.3 is 11.8 Å². The molecule has 1 fully saturated rings. The van der Waals surface area contributed by atoms with E-state index < -0.39 is 11.8 Å². The van der Waals surface area contributed by atoms with Gasteiger partial charge in [0.1, 0.15) is 5.75 Å². The van der Waals surface area contributed by atoms with E-state index in [4.69, 9.17) is 4.74 Å². The fraction of sp³-hybridized carbons (Fsp3) is 0.238. The second kappa shape index (κ2) is 9.50. The fourth-order valence-corrected chi connectivity index (χ4v) is 2.39. The second-order valence-corrected chi connectivity index (χ2v) is 6.69. The number of nitrogens with one attached hydrogen (secondary N) is 3. The van der Waals surface area contributed by atoms with Gasteiger partial charge in [0.05, 0.1) is 6.21 Å². The molecular weight excluding hydrogens is 372 g/mol. The number of carbonyl (C=O) groups is 3. The van der Waals surface area contributed by atoms with Crippen molar-refractivity contribution in [3.05, 3.63) is 59.7 Å². The van der Waals surface area contributed by atoms with Crippen molar-refractivity contribution in [3.63, 3.8) is 0 Å². The molecule has 29 heavy (non-hydrogen) atoms. The molecule has 3 amide bonds. The van der Waals surface area contributed by atoms with Crippen LogP contribution in [0.1, 0.15) is 24.0 Å². The molecule has 0 unspecified atom stereocenters. The number of carbonyl (C=O) groups excluding carboxylic acids is 3. The molecule has 1 aliphatic rings. The predicted molar refractivity (Wildman–Crippen MR) is 109 cm³/mol. The van der Waals surface area contributed by atoms with E-state index in [-0.39, 0.29) is 18.6 Å². The molecule has 0 heterocycles. The van der Waals surface area contributed by atoms with Gasteiger partial charge in [-0.05, 0) is 44.0 Å². The smallest absolute Gasteiger partial charge is 0.329 e. The Morgan fingerprint density at radius 3 is 2.52 bits per heavy atom. The first-order valence-corrected chi connectivity index (χ1v) is 9.23. The van der Waals surface area contributed by atoms with Gasteiger partial charge in [-0.25, -0.2) is 5.43 Å². The lowest BCUT2D eigenvalue weighted by molar-refractivity contribution is -0.139. The Bertz CT molecular complexity index is 921. The number of nitrogens with zero attached hydrogens (tertiary/aromatic N) is 1. The fourth-order valence-electron chi connectivity index (χ4n) is 2.39. The second-order valence-electron chi connectivity index (χ2n) is 6.69. The quantitative estimate of drug-likeness (QED) is 0.378. The topological polar surface area (TPSA) is 109 Å². The molecule has 0 aromatic heterocycles. The first-order valence-electron chi connectivity index (χ1n) is 9.23. The van der Waals surface area contributed by atoms with Crippen molar-refractivity contribution in [2.45, 2.75) is 25.8 Å². The van der Waals surface area contributed by atoms with E-state index in [1.807, 2.05) is 31.2 Å². The maximum absolute atomic E-state index is 12.1. The maximum atomic E-state index is 12.1. The van der Waals surface area contributed by atoms with Gasteiger partial charge in [-0.2, -0.15) is 5.10 Å². The van der Waals surface area contributed by atoms with Gasteiger partial charge < -0.3 is 15.4 Å². The largest absolute Gasteiger partial charge is 0.483 e. The van der Waals surface area contributed by atoms with Crippen molar-refractivity contribution in [3.8, 4) is 5.75 Å². The first kappa shape index (κ1) is 20.1. The molecule has 0 spiro atoms. The number of anilines is 1. The number of hydrogen-bond donors (Lipinski definition) is 3. The molecule has 8 heteroatoms. The summed E-state index contributed by atoms with van der Waals surface area (Å²) in [6.45, 7) is 1.78. The summed E-state index contributed by atoms with van der Waals surface area (Å²) in [6.07, 6.45) is 3.14. The molecule has 2 aromatic carbocycles. The van der Waals surface area contributed by atoms with Gasteiger partial charge in [-0.1, -0.05) is 29.8 Å². The van der Waals surface area contributed by atoms with E-state index in [0.717, 1.165) is 18.4 Å². The SMILES string of the molecule is Cc1ccc(NC(=O)COc2ccccc2/C=N\NC(=O)C(=O)NC2CC2)cc1. The molecule has 150 valence electrons. The van der Waals surface area contributed by atoms with Crippen LogP contribution in [0.4, 0.5) is 5.69 Å². The summed E-state index contributed by atoms with van der Waals surface area (Å²) in [5.41, 5.74) is 4.52. The van der Waals surface area contributed by atoms with Crippen LogP contribution in [0.2, 0.25) is 0 Å². The Hall–Kier alpha value is -3.68. The van der Waals surface area contributed by atoms with E-state index in [9.17, 15) is 14.4 Å². The average molecular weight is 394 g/mol. The minimum Gasteiger partial charge on any atom is -0.483 e. The minimum atomic E-state index is -0.830. The van der Waals surface area contributed by atoms with Gasteiger partial charge in [0.2, 0.25) is 0 Å². The molecule has 1 aliphatic carbocycles. The monoisotopic (exact) mass is 394 g/mol. The Balaban J connectivity index is 1.51. The number of benzene rings is 2. The molecule has 8 nitrogen and oxygen atoms in total. The maximum Gasteiger partial charge on any atom is 0.329 e. The average Bonchev–Trinajstić information content (AvgIpc) is 3.53. The summed E-state index contributed by atoms with van der Waals surface area (Å²) in [4.78, 5) is 35.3. The molecule has 3 rings (SSSR count). The number of rotatable bonds is 7. The van der Waals surface area contributed by atoms with E-state index in [1.54, 1.807) is 24.3 Å². The molecule has 0 radical (unpaired) electrons. The molecule has 3 N–H and O–H groups in total. The Kier molecular flexibility index (Phi) is 6.57. The van der Waals surface area contributed by atoms with Crippen LogP contribution in [-0.2, 0) is 14.4 Å². The van der Waals surface area contributed by atoms with E-state index in [1.165, 1.54) is 6.21 Å². The Labute approximate surface area is 168 Å². The van der Waals surface area contributed by atoms with Gasteiger partial charge in [0.25, 0.3) is 5.91 Å². The molecular formula is C21H22N4O4. The third kappa shape index (κ3) is 6.46. The highest BCUT2D eigenvalue weighted by Crippen LogP contribution is 2.18. The van der Waals surface area contributed by atoms with E-state index in [0.29, 0.717) is 17.0 Å². The van der Waals surface area contributed by atoms with Crippen LogP contribution in [-0.4, -0.2) is 36.6 Å². The lowest BCUT2D eigenvalue weighted by atomic mass is 10.2. The number of amides is 3. The van der Waals surface area contributed by atoms with Gasteiger partial charge in [0.15, 0.2) is 6.61 Å². The molecule has 0 aliphatic heterocycles. The van der Waals surface area contributed by atoms with Crippen LogP contribution < -0.4 is 20.8 Å². The van der Waals surface area contributed by atoms with Crippen LogP contribution in [0, 0.1) is 6.92 Å². The van der Waals surface area contributed by atoms with Crippen LogP contribution in [0.3, 0.4) is 0 Å². The normalized spacial score (nSPS) is 13.0. The van der Waals surface area contributed by atoms with Crippen molar-refractivity contribution in [1.82, 2.24) is 10.7 Å². The Morgan fingerprint density at radius 1 is 1.07 bits per heavy atom. The molecule has 0 saturated heterocycles. The summed E-state index contributed by atoms with van der Waals surface area (Å²) >= 11 is 0. The zero-order valence-electron chi connectivity index (χ0n) is 16.0. The van der Waals surface area contributed by atoms with Crippen molar-refractivity contribution in [2.24, 2.45) is 5.10 Å². The highest BCUT2D eigenvalue weighted by molar-refractivity contribution is 6.35. The summed E-state index contributed by atoms with van der Waals surface area (Å²) in [5, 5.41) is 9.11. The highest BCUT2D eigenvalue weighted by Gasteiger charge is 2.26. The number of hydrazone groups is 1. The number of para-hydroxylation sites is 1. The summed E-state index contributed by atoms with van der Waals surface area (Å²) in [7, 11) is 0. The van der Waals surface area contributed by atoms with Crippen LogP contribution in [0.15, 0.2) is 53.6 Å². The van der Waals surface area contributed by atoms with Crippen molar-refractivity contribution in [2.75, 3.05) is 11.9 Å². The lowest BCUT2D eigenvalue weighted by Gasteiger charge is -2.09. The number of aryl methyl sites for hydroxylation is 1. The number of hydrogen-bond acceptors (Lipinski definition) is 5. The highest BCUT2D eigenvalue weighted by atomic mass is 16.5. The van der Waals surface area contributed by atoms with Gasteiger partial charge in [-0.15, -0.1) is 0 Å². The van der Waals surface area contributed by atoms with Crippen LogP contribution >= 0.6 is 0 Å². The molecule has 1 saturated carbocycles. The van der Waals surface area contributed by atoms with Crippen molar-refractivity contribution in [1.29, 1.82) is 0 Å². The zero-order valence-corrected chi connectivity index (χ0v) is 16.0. The van der Waals surface area contributed by atoms with Crippen LogP contribution in [0.25, 0.3) is 0 Å². The predicted octanol–water partition coefficient (Wildman–Crippen LogP) is 1.74. The third-order valence-corrected chi connectivity index (χ3v) is 4.10. The van der Waals surface area contributed by atoms with Crippen LogP contribution in [0.5, 0.6) is 5.75 Å². The third-order valence-electron chi connectivity index (χ3n) is 4.10. The molecule has 0 bridgehead atoms. The first-order chi connectivity index (χ1) is 14.0. The van der Waals surface area contributed by atoms with E-state index in [2.05, 4.69) is 21.2 Å². The summed E-state index contributed by atoms with van der Waals surface area (Å²) in [6, 6.07) is 14.5. The van der Waals surface area contributed by atoms with E-state index >= 15 is 0 Å². The van der Waals surface area contributed by atoms with Gasteiger partial charge in [-0.3, -0.25) is 14.4 Å². The minimum absolute atomic E-state index is 0.0948. The lowest BCUT2D eigenvalue weighted by Crippen LogP contribution is -2.38. The standard InChI is InChI=1S/C21H22N4O4/c1-14-6-8-16(9-7-14)23-19(26)13-29-18-5-3-2-4-15(18)12-22-25-21(28)20(27)24-17-10-11-17/h2-9,12,17H,10-11,13H2,1H3,(H,23,26)(H,24,27)(H,25,28)/b22-12-. The number of ether oxygens (including phenoxy) is 1. The summed E-state index contributed by atoms with van der Waals surface area (Å²) in [5.74, 6) is -1.41.